The van der Waals surface area contributed by atoms with Gasteiger partial charge in [0.2, 0.25) is 5.91 Å². The van der Waals surface area contributed by atoms with Gasteiger partial charge < -0.3 is 14.8 Å². The number of Topliss-reactive ketones (excluding diaryl/α,β-unsaturated/α-hetero) is 1. The lowest BCUT2D eigenvalue weighted by Crippen LogP contribution is -2.18. The fourth-order valence-corrected chi connectivity index (χ4v) is 2.52. The van der Waals surface area contributed by atoms with Crippen molar-refractivity contribution in [3.05, 3.63) is 47.1 Å². The van der Waals surface area contributed by atoms with Crippen LogP contribution in [0.3, 0.4) is 0 Å². The number of carbonyl (C=O) groups is 2. The van der Waals surface area contributed by atoms with E-state index in [1.165, 1.54) is 18.3 Å². The number of ketones is 1. The SMILES string of the molecule is CC(C)C(=O)Nc1cc(C(=O)CCCOc2ccc(OC(F)(F)F)cc2Cl)ccn1. The summed E-state index contributed by atoms with van der Waals surface area (Å²) < 4.78 is 45.8. The number of ether oxygens (including phenoxy) is 2. The fraction of sp³-hybridized carbons (Fsp3) is 0.350. The molecule has 0 aliphatic rings. The normalized spacial score (nSPS) is 11.3. The molecule has 2 rings (SSSR count). The maximum absolute atomic E-state index is 12.3. The third kappa shape index (κ3) is 7.55. The molecule has 0 fully saturated rings. The first-order valence-electron chi connectivity index (χ1n) is 9.03. The Morgan fingerprint density at radius 1 is 1.20 bits per heavy atom. The van der Waals surface area contributed by atoms with Crippen molar-refractivity contribution >= 4 is 29.1 Å². The average molecular weight is 445 g/mol. The van der Waals surface area contributed by atoms with Crippen molar-refractivity contribution in [1.82, 2.24) is 4.98 Å². The number of hydrogen-bond donors (Lipinski definition) is 1. The van der Waals surface area contributed by atoms with Crippen LogP contribution >= 0.6 is 11.6 Å². The summed E-state index contributed by atoms with van der Waals surface area (Å²) in [5.41, 5.74) is 0.399. The van der Waals surface area contributed by atoms with Crippen LogP contribution < -0.4 is 14.8 Å². The summed E-state index contributed by atoms with van der Waals surface area (Å²) in [7, 11) is 0. The molecule has 0 saturated heterocycles. The summed E-state index contributed by atoms with van der Waals surface area (Å²) >= 11 is 5.90. The van der Waals surface area contributed by atoms with Gasteiger partial charge in [0.1, 0.15) is 17.3 Å². The van der Waals surface area contributed by atoms with Gasteiger partial charge in [-0.1, -0.05) is 25.4 Å². The molecular formula is C20H20ClF3N2O4. The first kappa shape index (κ1) is 23.5. The minimum Gasteiger partial charge on any atom is -0.492 e. The lowest BCUT2D eigenvalue weighted by molar-refractivity contribution is -0.274. The van der Waals surface area contributed by atoms with Gasteiger partial charge in [0.05, 0.1) is 11.6 Å². The maximum Gasteiger partial charge on any atom is 0.573 e. The topological polar surface area (TPSA) is 77.5 Å². The molecule has 6 nitrogen and oxygen atoms in total. The van der Waals surface area contributed by atoms with Gasteiger partial charge in [-0.15, -0.1) is 13.2 Å². The molecule has 1 N–H and O–H groups in total. The van der Waals surface area contributed by atoms with E-state index in [0.29, 0.717) is 17.8 Å². The van der Waals surface area contributed by atoms with Crippen molar-refractivity contribution in [1.29, 1.82) is 0 Å². The fourth-order valence-electron chi connectivity index (χ4n) is 2.30. The molecule has 0 bridgehead atoms. The maximum atomic E-state index is 12.3. The van der Waals surface area contributed by atoms with E-state index in [2.05, 4.69) is 15.0 Å². The molecule has 0 unspecified atom stereocenters. The summed E-state index contributed by atoms with van der Waals surface area (Å²) in [6.45, 7) is 3.62. The second kappa shape index (κ2) is 10.3. The Morgan fingerprint density at radius 2 is 1.93 bits per heavy atom. The van der Waals surface area contributed by atoms with Crippen LogP contribution in [0.15, 0.2) is 36.5 Å². The van der Waals surface area contributed by atoms with Crippen LogP contribution in [-0.4, -0.2) is 29.6 Å². The number of anilines is 1. The lowest BCUT2D eigenvalue weighted by atomic mass is 10.1. The number of benzene rings is 1. The number of rotatable bonds is 9. The minimum atomic E-state index is -4.81. The first-order valence-corrected chi connectivity index (χ1v) is 9.41. The molecule has 10 heteroatoms. The highest BCUT2D eigenvalue weighted by atomic mass is 35.5. The van der Waals surface area contributed by atoms with Gasteiger partial charge in [0.15, 0.2) is 5.78 Å². The molecule has 1 heterocycles. The molecule has 1 aromatic heterocycles. The number of nitrogens with one attached hydrogen (secondary N) is 1. The van der Waals surface area contributed by atoms with Crippen LogP contribution in [0.1, 0.15) is 37.0 Å². The second-order valence-electron chi connectivity index (χ2n) is 6.59. The number of nitrogens with zero attached hydrogens (tertiary/aromatic N) is 1. The standard InChI is InChI=1S/C20H20ClF3N2O4/c1-12(2)19(28)26-18-10-13(7-8-25-18)16(27)4-3-9-29-17-6-5-14(11-15(17)21)30-20(22,23)24/h5-8,10-12H,3-4,9H2,1-2H3,(H,25,26,28). The van der Waals surface area contributed by atoms with E-state index in [1.54, 1.807) is 19.9 Å². The van der Waals surface area contributed by atoms with E-state index < -0.39 is 12.1 Å². The average Bonchev–Trinajstić information content (AvgIpc) is 2.65. The number of alkyl halides is 3. The molecular weight excluding hydrogens is 425 g/mol. The molecule has 0 spiro atoms. The van der Waals surface area contributed by atoms with Gasteiger partial charge in [-0.2, -0.15) is 0 Å². The largest absolute Gasteiger partial charge is 0.573 e. The zero-order valence-electron chi connectivity index (χ0n) is 16.3. The van der Waals surface area contributed by atoms with Gasteiger partial charge in [0, 0.05) is 30.2 Å². The Kier molecular flexibility index (Phi) is 8.05. The Morgan fingerprint density at radius 3 is 2.57 bits per heavy atom. The minimum absolute atomic E-state index is 0.0391. The summed E-state index contributed by atoms with van der Waals surface area (Å²) in [6, 6.07) is 6.39. The van der Waals surface area contributed by atoms with Gasteiger partial charge in [0.25, 0.3) is 0 Å². The zero-order valence-corrected chi connectivity index (χ0v) is 17.0. The predicted octanol–water partition coefficient (Wildman–Crippen LogP) is 5.27. The molecule has 162 valence electrons. The second-order valence-corrected chi connectivity index (χ2v) is 7.00. The molecule has 0 saturated carbocycles. The number of aromatic nitrogens is 1. The lowest BCUT2D eigenvalue weighted by Gasteiger charge is -2.12. The van der Waals surface area contributed by atoms with Crippen LogP contribution in [-0.2, 0) is 4.79 Å². The molecule has 1 aromatic carbocycles. The van der Waals surface area contributed by atoms with Crippen LogP contribution in [0.5, 0.6) is 11.5 Å². The van der Waals surface area contributed by atoms with Crippen molar-refractivity contribution in [3.63, 3.8) is 0 Å². The number of halogens is 4. The van der Waals surface area contributed by atoms with Gasteiger partial charge >= 0.3 is 6.36 Å². The van der Waals surface area contributed by atoms with E-state index in [0.717, 1.165) is 12.1 Å². The Balaban J connectivity index is 1.84. The highest BCUT2D eigenvalue weighted by molar-refractivity contribution is 6.32. The highest BCUT2D eigenvalue weighted by Crippen LogP contribution is 2.31. The van der Waals surface area contributed by atoms with Crippen molar-refractivity contribution in [3.8, 4) is 11.5 Å². The first-order chi connectivity index (χ1) is 14.0. The molecule has 2 aromatic rings. The molecule has 30 heavy (non-hydrogen) atoms. The quantitative estimate of drug-likeness (QED) is 0.421. The highest BCUT2D eigenvalue weighted by Gasteiger charge is 2.31. The third-order valence-electron chi connectivity index (χ3n) is 3.80. The van der Waals surface area contributed by atoms with Crippen molar-refractivity contribution in [2.24, 2.45) is 5.92 Å². The van der Waals surface area contributed by atoms with Crippen LogP contribution in [0.4, 0.5) is 19.0 Å². The number of pyridine rings is 1. The molecule has 0 radical (unpaired) electrons. The molecule has 1 amide bonds. The summed E-state index contributed by atoms with van der Waals surface area (Å²) in [6.07, 6.45) is -2.86. The molecule has 0 aliphatic carbocycles. The number of carbonyl (C=O) groups excluding carboxylic acids is 2. The van der Waals surface area contributed by atoms with E-state index in [1.807, 2.05) is 0 Å². The number of amides is 1. The van der Waals surface area contributed by atoms with Gasteiger partial charge in [-0.3, -0.25) is 9.59 Å². The van der Waals surface area contributed by atoms with E-state index in [9.17, 15) is 22.8 Å². The predicted molar refractivity (Wildman–Crippen MR) is 105 cm³/mol. The Bertz CT molecular complexity index is 904. The van der Waals surface area contributed by atoms with Crippen molar-refractivity contribution < 1.29 is 32.2 Å². The van der Waals surface area contributed by atoms with Gasteiger partial charge in [-0.05, 0) is 30.7 Å². The van der Waals surface area contributed by atoms with Crippen LogP contribution in [0.2, 0.25) is 5.02 Å². The van der Waals surface area contributed by atoms with Gasteiger partial charge in [-0.25, -0.2) is 4.98 Å². The molecule has 0 aliphatic heterocycles. The van der Waals surface area contributed by atoms with E-state index in [-0.39, 0.29) is 41.4 Å². The Hall–Kier alpha value is -2.81. The third-order valence-corrected chi connectivity index (χ3v) is 4.10. The van der Waals surface area contributed by atoms with Crippen LogP contribution in [0, 0.1) is 5.92 Å². The monoisotopic (exact) mass is 444 g/mol. The summed E-state index contributed by atoms with van der Waals surface area (Å²) in [4.78, 5) is 28.1. The van der Waals surface area contributed by atoms with Crippen molar-refractivity contribution in [2.75, 3.05) is 11.9 Å². The van der Waals surface area contributed by atoms with Crippen molar-refractivity contribution in [2.45, 2.75) is 33.1 Å². The van der Waals surface area contributed by atoms with E-state index in [4.69, 9.17) is 16.3 Å². The zero-order chi connectivity index (χ0) is 22.3. The Labute approximate surface area is 176 Å². The molecule has 0 atom stereocenters. The number of hydrogen-bond acceptors (Lipinski definition) is 5. The summed E-state index contributed by atoms with van der Waals surface area (Å²) in [5.74, 6) is -0.563. The summed E-state index contributed by atoms with van der Waals surface area (Å²) in [5, 5.41) is 2.59. The van der Waals surface area contributed by atoms with E-state index >= 15 is 0 Å². The van der Waals surface area contributed by atoms with Crippen LogP contribution in [0.25, 0.3) is 0 Å². The smallest absolute Gasteiger partial charge is 0.492 e.